The Morgan fingerprint density at radius 3 is 1.23 bits per heavy atom. The molecular weight excluding hydrogens is 468 g/mol. The molecule has 0 nitrogen and oxygen atoms in total. The molecule has 0 N–H and O–H groups in total. The Labute approximate surface area is 236 Å². The van der Waals surface area contributed by atoms with Gasteiger partial charge in [-0.05, 0) is 71.2 Å². The monoisotopic (exact) mass is 510 g/mol. The fourth-order valence-corrected chi connectivity index (χ4v) is 6.10. The van der Waals surface area contributed by atoms with Crippen LogP contribution in [0.15, 0.2) is 84.9 Å². The summed E-state index contributed by atoms with van der Waals surface area (Å²) in [4.78, 5) is 0. The summed E-state index contributed by atoms with van der Waals surface area (Å²) >= 11 is 0. The minimum absolute atomic E-state index is 0.0815. The van der Waals surface area contributed by atoms with Gasteiger partial charge in [0.1, 0.15) is 0 Å². The molecule has 0 heteroatoms. The van der Waals surface area contributed by atoms with Gasteiger partial charge in [0.05, 0.1) is 0 Å². The SMILES string of the molecule is CCCCC1(CCCC)c2cc(/C=C/c3ccc(C)cc3)ccc2-c2ccc(/C=C/c3ccc(C)cc3)cc21. The zero-order valence-corrected chi connectivity index (χ0v) is 24.1. The molecule has 0 unspecified atom stereocenters. The van der Waals surface area contributed by atoms with Crippen LogP contribution in [0.3, 0.4) is 0 Å². The van der Waals surface area contributed by atoms with Gasteiger partial charge in [-0.1, -0.05) is 160 Å². The van der Waals surface area contributed by atoms with Crippen LogP contribution < -0.4 is 0 Å². The normalized spacial score (nSPS) is 13.7. The summed E-state index contributed by atoms with van der Waals surface area (Å²) < 4.78 is 0. The van der Waals surface area contributed by atoms with E-state index >= 15 is 0 Å². The molecule has 198 valence electrons. The molecule has 0 amide bonds. The summed E-state index contributed by atoms with van der Waals surface area (Å²) in [6.45, 7) is 8.93. The molecule has 0 aromatic heterocycles. The van der Waals surface area contributed by atoms with Crippen molar-refractivity contribution in [1.82, 2.24) is 0 Å². The Morgan fingerprint density at radius 1 is 0.487 bits per heavy atom. The van der Waals surface area contributed by atoms with E-state index in [-0.39, 0.29) is 5.41 Å². The lowest BCUT2D eigenvalue weighted by molar-refractivity contribution is 0.414. The molecule has 0 saturated carbocycles. The van der Waals surface area contributed by atoms with Crippen LogP contribution in [0.2, 0.25) is 0 Å². The number of fused-ring (bicyclic) bond motifs is 3. The fraction of sp³-hybridized carbons (Fsp3) is 0.282. The summed E-state index contributed by atoms with van der Waals surface area (Å²) in [5.41, 5.74) is 13.7. The van der Waals surface area contributed by atoms with Crippen LogP contribution in [0.1, 0.15) is 96.9 Å². The Kier molecular flexibility index (Phi) is 8.32. The number of aryl methyl sites for hydroxylation is 2. The van der Waals surface area contributed by atoms with Gasteiger partial charge in [0.2, 0.25) is 0 Å². The van der Waals surface area contributed by atoms with Gasteiger partial charge in [-0.2, -0.15) is 0 Å². The number of rotatable bonds is 10. The van der Waals surface area contributed by atoms with Gasteiger partial charge in [0.25, 0.3) is 0 Å². The lowest BCUT2D eigenvalue weighted by Crippen LogP contribution is -2.25. The van der Waals surface area contributed by atoms with Crippen molar-refractivity contribution in [1.29, 1.82) is 0 Å². The van der Waals surface area contributed by atoms with Gasteiger partial charge in [-0.3, -0.25) is 0 Å². The van der Waals surface area contributed by atoms with E-state index in [9.17, 15) is 0 Å². The molecule has 39 heavy (non-hydrogen) atoms. The highest BCUT2D eigenvalue weighted by Gasteiger charge is 2.42. The predicted molar refractivity (Wildman–Crippen MR) is 172 cm³/mol. The zero-order chi connectivity index (χ0) is 27.2. The molecule has 0 fully saturated rings. The van der Waals surface area contributed by atoms with Crippen LogP contribution in [0.25, 0.3) is 35.4 Å². The van der Waals surface area contributed by atoms with E-state index in [1.54, 1.807) is 0 Å². The Morgan fingerprint density at radius 2 is 0.846 bits per heavy atom. The maximum absolute atomic E-state index is 2.49. The van der Waals surface area contributed by atoms with Crippen LogP contribution in [-0.2, 0) is 5.41 Å². The molecule has 0 bridgehead atoms. The van der Waals surface area contributed by atoms with E-state index < -0.39 is 0 Å². The minimum Gasteiger partial charge on any atom is -0.0654 e. The van der Waals surface area contributed by atoms with Crippen LogP contribution in [0, 0.1) is 13.8 Å². The number of benzene rings is 4. The maximum Gasteiger partial charge on any atom is 0.0215 e. The number of hydrogen-bond donors (Lipinski definition) is 0. The van der Waals surface area contributed by atoms with Crippen molar-refractivity contribution in [3.05, 3.63) is 129 Å². The quantitative estimate of drug-likeness (QED) is 0.186. The average Bonchev–Trinajstić information content (AvgIpc) is 3.23. The van der Waals surface area contributed by atoms with Gasteiger partial charge < -0.3 is 0 Å². The molecule has 0 spiro atoms. The van der Waals surface area contributed by atoms with E-state index in [4.69, 9.17) is 0 Å². The van der Waals surface area contributed by atoms with Crippen molar-refractivity contribution in [3.8, 4) is 11.1 Å². The predicted octanol–water partition coefficient (Wildman–Crippen LogP) is 11.3. The first-order valence-electron chi connectivity index (χ1n) is 14.8. The van der Waals surface area contributed by atoms with E-state index in [2.05, 4.69) is 137 Å². The highest BCUT2D eigenvalue weighted by atomic mass is 14.4. The lowest BCUT2D eigenvalue weighted by Gasteiger charge is -2.33. The van der Waals surface area contributed by atoms with Gasteiger partial charge in [0, 0.05) is 5.41 Å². The molecule has 4 aromatic rings. The molecule has 1 aliphatic carbocycles. The molecule has 0 atom stereocenters. The molecule has 0 saturated heterocycles. The van der Waals surface area contributed by atoms with E-state index in [1.165, 1.54) is 94.2 Å². The van der Waals surface area contributed by atoms with Crippen LogP contribution >= 0.6 is 0 Å². The molecule has 5 rings (SSSR count). The standard InChI is InChI=1S/C39H42/c1-5-7-25-39(26-8-6-2)37-27-33(19-17-31-13-9-29(3)10-14-31)21-23-35(37)36-24-22-34(28-38(36)39)20-18-32-15-11-30(4)12-16-32/h9-24,27-28H,5-8,25-26H2,1-4H3/b19-17+,20-18+. The van der Waals surface area contributed by atoms with E-state index in [0.29, 0.717) is 0 Å². The van der Waals surface area contributed by atoms with Crippen molar-refractivity contribution >= 4 is 24.3 Å². The second-order valence-corrected chi connectivity index (χ2v) is 11.4. The third kappa shape index (κ3) is 5.86. The van der Waals surface area contributed by atoms with Crippen LogP contribution in [0.5, 0.6) is 0 Å². The summed E-state index contributed by atoms with van der Waals surface area (Å²) in [6, 6.07) is 31.9. The Bertz CT molecular complexity index is 1350. The molecule has 0 heterocycles. The third-order valence-electron chi connectivity index (χ3n) is 8.41. The molecule has 4 aromatic carbocycles. The highest BCUT2D eigenvalue weighted by molar-refractivity contribution is 5.85. The first-order chi connectivity index (χ1) is 19.0. The zero-order valence-electron chi connectivity index (χ0n) is 24.1. The van der Waals surface area contributed by atoms with Crippen molar-refractivity contribution in [2.24, 2.45) is 0 Å². The number of hydrogen-bond acceptors (Lipinski definition) is 0. The Hall–Kier alpha value is -3.64. The molecule has 1 aliphatic rings. The largest absolute Gasteiger partial charge is 0.0654 e. The molecule has 0 radical (unpaired) electrons. The van der Waals surface area contributed by atoms with E-state index in [1.807, 2.05) is 0 Å². The topological polar surface area (TPSA) is 0 Å². The molecular formula is C39H42. The van der Waals surface area contributed by atoms with Gasteiger partial charge in [-0.25, -0.2) is 0 Å². The first-order valence-corrected chi connectivity index (χ1v) is 14.8. The number of unbranched alkanes of at least 4 members (excludes halogenated alkanes) is 2. The second-order valence-electron chi connectivity index (χ2n) is 11.4. The summed E-state index contributed by atoms with van der Waals surface area (Å²) in [5.74, 6) is 0. The van der Waals surface area contributed by atoms with E-state index in [0.717, 1.165) is 0 Å². The average molecular weight is 511 g/mol. The third-order valence-corrected chi connectivity index (χ3v) is 8.41. The summed E-state index contributed by atoms with van der Waals surface area (Å²) in [5, 5.41) is 0. The Balaban J connectivity index is 1.56. The minimum atomic E-state index is 0.0815. The van der Waals surface area contributed by atoms with Crippen molar-refractivity contribution in [2.45, 2.75) is 71.6 Å². The van der Waals surface area contributed by atoms with Crippen molar-refractivity contribution < 1.29 is 0 Å². The first kappa shape index (κ1) is 26.9. The summed E-state index contributed by atoms with van der Waals surface area (Å²) in [7, 11) is 0. The fourth-order valence-electron chi connectivity index (χ4n) is 6.10. The molecule has 0 aliphatic heterocycles. The highest BCUT2D eigenvalue weighted by Crippen LogP contribution is 2.54. The second kappa shape index (κ2) is 12.0. The van der Waals surface area contributed by atoms with Crippen molar-refractivity contribution in [3.63, 3.8) is 0 Å². The maximum atomic E-state index is 2.49. The van der Waals surface area contributed by atoms with Gasteiger partial charge in [0.15, 0.2) is 0 Å². The van der Waals surface area contributed by atoms with Gasteiger partial charge >= 0.3 is 0 Å². The smallest absolute Gasteiger partial charge is 0.0215 e. The van der Waals surface area contributed by atoms with Crippen molar-refractivity contribution in [2.75, 3.05) is 0 Å². The van der Waals surface area contributed by atoms with Crippen LogP contribution in [-0.4, -0.2) is 0 Å². The lowest BCUT2D eigenvalue weighted by atomic mass is 9.70. The summed E-state index contributed by atoms with van der Waals surface area (Å²) in [6.07, 6.45) is 16.4. The van der Waals surface area contributed by atoms with Gasteiger partial charge in [-0.15, -0.1) is 0 Å². The van der Waals surface area contributed by atoms with Crippen LogP contribution in [0.4, 0.5) is 0 Å².